The number of amides is 1. The lowest BCUT2D eigenvalue weighted by Crippen LogP contribution is -2.22. The molecule has 0 aliphatic heterocycles. The Kier molecular flexibility index (Phi) is 5.86. The molecular formula is C22H16N4O3S. The molecule has 2 heterocycles. The van der Waals surface area contributed by atoms with Gasteiger partial charge in [-0.05, 0) is 29.8 Å². The number of aromatic nitrogens is 3. The second kappa shape index (κ2) is 9.06. The quantitative estimate of drug-likeness (QED) is 0.380. The first-order chi connectivity index (χ1) is 14.7. The van der Waals surface area contributed by atoms with E-state index in [1.54, 1.807) is 42.0 Å². The van der Waals surface area contributed by atoms with Crippen molar-refractivity contribution in [2.75, 3.05) is 0 Å². The van der Waals surface area contributed by atoms with Crippen LogP contribution in [0.3, 0.4) is 0 Å². The first-order valence-electron chi connectivity index (χ1n) is 9.06. The first kappa shape index (κ1) is 19.4. The van der Waals surface area contributed by atoms with Gasteiger partial charge in [-0.3, -0.25) is 4.79 Å². The second-order valence-electron chi connectivity index (χ2n) is 6.20. The Labute approximate surface area is 176 Å². The average Bonchev–Trinajstić information content (AvgIpc) is 3.30. The smallest absolute Gasteiger partial charge is 0.363 e. The molecule has 0 bridgehead atoms. The maximum Gasteiger partial charge on any atom is 0.363 e. The Morgan fingerprint density at radius 3 is 2.57 bits per heavy atom. The maximum atomic E-state index is 12.4. The Morgan fingerprint density at radius 1 is 0.967 bits per heavy atom. The van der Waals surface area contributed by atoms with Crippen molar-refractivity contribution in [2.24, 2.45) is 0 Å². The summed E-state index contributed by atoms with van der Waals surface area (Å²) >= 11 is 1.25. The van der Waals surface area contributed by atoms with E-state index in [0.717, 1.165) is 5.56 Å². The van der Waals surface area contributed by atoms with Crippen LogP contribution in [-0.4, -0.2) is 26.8 Å². The molecule has 0 saturated carbocycles. The third kappa shape index (κ3) is 4.73. The van der Waals surface area contributed by atoms with E-state index >= 15 is 0 Å². The molecule has 0 unspecified atom stereocenters. The van der Waals surface area contributed by atoms with Gasteiger partial charge in [-0.2, -0.15) is 0 Å². The SMILES string of the molecule is O=C(NCc1ccccc1)c1cccc(OC(=O)c2csc(-c3ncccn3)n2)c1. The zero-order chi connectivity index (χ0) is 20.8. The highest BCUT2D eigenvalue weighted by Crippen LogP contribution is 2.21. The minimum absolute atomic E-state index is 0.154. The lowest BCUT2D eigenvalue weighted by molar-refractivity contribution is 0.0728. The van der Waals surface area contributed by atoms with Gasteiger partial charge in [0.05, 0.1) is 0 Å². The van der Waals surface area contributed by atoms with Gasteiger partial charge in [0.2, 0.25) is 0 Å². The zero-order valence-electron chi connectivity index (χ0n) is 15.7. The largest absolute Gasteiger partial charge is 0.422 e. The lowest BCUT2D eigenvalue weighted by atomic mass is 10.2. The third-order valence-electron chi connectivity index (χ3n) is 4.07. The summed E-state index contributed by atoms with van der Waals surface area (Å²) < 4.78 is 5.39. The number of rotatable bonds is 6. The van der Waals surface area contributed by atoms with Crippen LogP contribution >= 0.6 is 11.3 Å². The number of benzene rings is 2. The van der Waals surface area contributed by atoms with Gasteiger partial charge in [-0.1, -0.05) is 36.4 Å². The van der Waals surface area contributed by atoms with Gasteiger partial charge in [0.15, 0.2) is 16.5 Å². The number of nitrogens with one attached hydrogen (secondary N) is 1. The molecular weight excluding hydrogens is 400 g/mol. The molecule has 148 valence electrons. The topological polar surface area (TPSA) is 94.1 Å². The van der Waals surface area contributed by atoms with E-state index in [4.69, 9.17) is 4.74 Å². The van der Waals surface area contributed by atoms with Crippen LogP contribution in [0.15, 0.2) is 78.4 Å². The van der Waals surface area contributed by atoms with E-state index in [1.807, 2.05) is 30.3 Å². The molecule has 7 nitrogen and oxygen atoms in total. The lowest BCUT2D eigenvalue weighted by Gasteiger charge is -2.07. The molecule has 4 aromatic rings. The van der Waals surface area contributed by atoms with Gasteiger partial charge < -0.3 is 10.1 Å². The van der Waals surface area contributed by atoms with Gasteiger partial charge >= 0.3 is 5.97 Å². The number of hydrogen-bond donors (Lipinski definition) is 1. The van der Waals surface area contributed by atoms with Crippen LogP contribution in [0.25, 0.3) is 10.8 Å². The minimum Gasteiger partial charge on any atom is -0.422 e. The molecule has 0 atom stereocenters. The Morgan fingerprint density at radius 2 is 1.77 bits per heavy atom. The highest BCUT2D eigenvalue weighted by atomic mass is 32.1. The van der Waals surface area contributed by atoms with E-state index < -0.39 is 5.97 Å². The fraction of sp³-hybridized carbons (Fsp3) is 0.0455. The molecule has 0 radical (unpaired) electrons. The molecule has 0 fully saturated rings. The number of hydrogen-bond acceptors (Lipinski definition) is 7. The number of carbonyl (C=O) groups excluding carboxylic acids is 2. The second-order valence-corrected chi connectivity index (χ2v) is 7.05. The highest BCUT2D eigenvalue weighted by Gasteiger charge is 2.16. The van der Waals surface area contributed by atoms with Crippen LogP contribution in [0.1, 0.15) is 26.4 Å². The van der Waals surface area contributed by atoms with E-state index in [1.165, 1.54) is 17.4 Å². The van der Waals surface area contributed by atoms with Crippen molar-refractivity contribution in [1.29, 1.82) is 0 Å². The molecule has 2 aromatic heterocycles. The van der Waals surface area contributed by atoms with Crippen LogP contribution in [-0.2, 0) is 6.54 Å². The van der Waals surface area contributed by atoms with Crippen molar-refractivity contribution in [3.63, 3.8) is 0 Å². The van der Waals surface area contributed by atoms with Crippen LogP contribution < -0.4 is 10.1 Å². The summed E-state index contributed by atoms with van der Waals surface area (Å²) in [7, 11) is 0. The van der Waals surface area contributed by atoms with Crippen LogP contribution in [0, 0.1) is 0 Å². The van der Waals surface area contributed by atoms with Crippen molar-refractivity contribution >= 4 is 23.2 Å². The number of thiazole rings is 1. The molecule has 0 saturated heterocycles. The summed E-state index contributed by atoms with van der Waals surface area (Å²) in [4.78, 5) is 37.3. The molecule has 0 aliphatic carbocycles. The van der Waals surface area contributed by atoms with Gasteiger partial charge in [0.25, 0.3) is 5.91 Å². The van der Waals surface area contributed by atoms with Gasteiger partial charge in [-0.25, -0.2) is 19.7 Å². The van der Waals surface area contributed by atoms with Crippen LogP contribution in [0.5, 0.6) is 5.75 Å². The highest BCUT2D eigenvalue weighted by molar-refractivity contribution is 7.13. The van der Waals surface area contributed by atoms with E-state index in [9.17, 15) is 9.59 Å². The minimum atomic E-state index is -0.615. The third-order valence-corrected chi connectivity index (χ3v) is 4.91. The summed E-state index contributed by atoms with van der Waals surface area (Å²) in [5.74, 6) is -0.166. The predicted octanol–water partition coefficient (Wildman–Crippen LogP) is 3.75. The average molecular weight is 416 g/mol. The summed E-state index contributed by atoms with van der Waals surface area (Å²) in [6, 6.07) is 17.8. The molecule has 1 N–H and O–H groups in total. The molecule has 4 rings (SSSR count). The van der Waals surface area contributed by atoms with Crippen molar-refractivity contribution < 1.29 is 14.3 Å². The fourth-order valence-electron chi connectivity index (χ4n) is 2.62. The molecule has 1 amide bonds. The Hall–Kier alpha value is -3.91. The standard InChI is InChI=1S/C22H16N4O3S/c27-20(25-13-15-6-2-1-3-7-15)16-8-4-9-17(12-16)29-22(28)18-14-30-21(26-18)19-23-10-5-11-24-19/h1-12,14H,13H2,(H,25,27). The van der Waals surface area contributed by atoms with Crippen molar-refractivity contribution in [1.82, 2.24) is 20.3 Å². The van der Waals surface area contributed by atoms with Gasteiger partial charge in [-0.15, -0.1) is 11.3 Å². The predicted molar refractivity (Wildman–Crippen MR) is 112 cm³/mol. The number of esters is 1. The van der Waals surface area contributed by atoms with Crippen molar-refractivity contribution in [3.8, 4) is 16.6 Å². The van der Waals surface area contributed by atoms with E-state index in [0.29, 0.717) is 22.9 Å². The van der Waals surface area contributed by atoms with E-state index in [-0.39, 0.29) is 17.4 Å². The maximum absolute atomic E-state index is 12.4. The first-order valence-corrected chi connectivity index (χ1v) is 9.94. The summed E-state index contributed by atoms with van der Waals surface area (Å²) in [6.45, 7) is 0.410. The van der Waals surface area contributed by atoms with Crippen LogP contribution in [0.2, 0.25) is 0 Å². The summed E-state index contributed by atoms with van der Waals surface area (Å²) in [5, 5.41) is 4.96. The van der Waals surface area contributed by atoms with Gasteiger partial charge in [0, 0.05) is 29.9 Å². The van der Waals surface area contributed by atoms with Crippen molar-refractivity contribution in [2.45, 2.75) is 6.54 Å². The van der Waals surface area contributed by atoms with Crippen molar-refractivity contribution in [3.05, 3.63) is 95.3 Å². The number of ether oxygens (including phenoxy) is 1. The molecule has 30 heavy (non-hydrogen) atoms. The normalized spacial score (nSPS) is 10.4. The molecule has 0 aliphatic rings. The number of nitrogens with zero attached hydrogens (tertiary/aromatic N) is 3. The van der Waals surface area contributed by atoms with Gasteiger partial charge in [0.1, 0.15) is 5.75 Å². The summed E-state index contributed by atoms with van der Waals surface area (Å²) in [6.07, 6.45) is 3.21. The summed E-state index contributed by atoms with van der Waals surface area (Å²) in [5.41, 5.74) is 1.55. The van der Waals surface area contributed by atoms with Crippen LogP contribution in [0.4, 0.5) is 0 Å². The fourth-order valence-corrected chi connectivity index (χ4v) is 3.35. The monoisotopic (exact) mass is 416 g/mol. The molecule has 2 aromatic carbocycles. The molecule has 8 heteroatoms. The Balaban J connectivity index is 1.41. The number of carbonyl (C=O) groups is 2. The van der Waals surface area contributed by atoms with E-state index in [2.05, 4.69) is 20.3 Å². The molecule has 0 spiro atoms. The Bertz CT molecular complexity index is 1160. The zero-order valence-corrected chi connectivity index (χ0v) is 16.5.